The first-order chi connectivity index (χ1) is 9.03. The third-order valence-corrected chi connectivity index (χ3v) is 4.21. The molecule has 1 aromatic carbocycles. The third-order valence-electron chi connectivity index (χ3n) is 2.69. The van der Waals surface area contributed by atoms with E-state index < -0.39 is 16.0 Å². The van der Waals surface area contributed by atoms with Crippen LogP contribution in [0.25, 0.3) is 0 Å². The fourth-order valence-electron chi connectivity index (χ4n) is 1.59. The minimum atomic E-state index is -3.86. The van der Waals surface area contributed by atoms with E-state index in [4.69, 9.17) is 10.8 Å². The molecule has 0 saturated heterocycles. The molecule has 6 nitrogen and oxygen atoms in total. The molecule has 0 aromatic heterocycles. The van der Waals surface area contributed by atoms with Crippen molar-refractivity contribution in [1.29, 1.82) is 0 Å². The largest absolute Gasteiger partial charge is 0.478 e. The summed E-state index contributed by atoms with van der Waals surface area (Å²) in [5.74, 6) is -1.33. The Labute approximate surface area is 119 Å². The highest BCUT2D eigenvalue weighted by Crippen LogP contribution is 2.20. The maximum atomic E-state index is 12.1. The van der Waals surface area contributed by atoms with Gasteiger partial charge in [0.05, 0.1) is 10.5 Å². The number of carbonyl (C=O) groups is 1. The summed E-state index contributed by atoms with van der Waals surface area (Å²) in [7, 11) is -3.86. The zero-order valence-corrected chi connectivity index (χ0v) is 12.6. The summed E-state index contributed by atoms with van der Waals surface area (Å²) in [5.41, 5.74) is 5.35. The number of benzene rings is 1. The number of aromatic carboxylic acids is 1. The number of nitrogens with two attached hydrogens (primary N) is 1. The smallest absolute Gasteiger partial charge is 0.337 e. The molecule has 112 valence electrons. The Hall–Kier alpha value is -1.60. The second-order valence-corrected chi connectivity index (χ2v) is 7.50. The first-order valence-electron chi connectivity index (χ1n) is 6.15. The average molecular weight is 300 g/mol. The van der Waals surface area contributed by atoms with Crippen LogP contribution in [0.5, 0.6) is 0 Å². The molecular weight excluding hydrogens is 280 g/mol. The van der Waals surface area contributed by atoms with Crippen LogP contribution in [0.2, 0.25) is 0 Å². The number of hydrogen-bond acceptors (Lipinski definition) is 4. The Bertz CT molecular complexity index is 603. The van der Waals surface area contributed by atoms with Crippen molar-refractivity contribution >= 4 is 21.7 Å². The van der Waals surface area contributed by atoms with Gasteiger partial charge in [-0.05, 0) is 30.0 Å². The van der Waals surface area contributed by atoms with Gasteiger partial charge in [-0.3, -0.25) is 0 Å². The first kappa shape index (κ1) is 16.5. The Morgan fingerprint density at radius 2 is 1.95 bits per heavy atom. The predicted octanol–water partition coefficient (Wildman–Crippen LogP) is 1.68. The molecule has 0 bridgehead atoms. The van der Waals surface area contributed by atoms with Gasteiger partial charge >= 0.3 is 5.97 Å². The van der Waals surface area contributed by atoms with E-state index in [1.165, 1.54) is 12.1 Å². The molecule has 0 aliphatic carbocycles. The zero-order chi connectivity index (χ0) is 15.6. The van der Waals surface area contributed by atoms with E-state index in [-0.39, 0.29) is 28.1 Å². The summed E-state index contributed by atoms with van der Waals surface area (Å²) in [6, 6.07) is 3.71. The summed E-state index contributed by atoms with van der Waals surface area (Å²) < 4.78 is 26.7. The number of carboxylic acids is 1. The minimum absolute atomic E-state index is 0.0146. The molecule has 4 N–H and O–H groups in total. The van der Waals surface area contributed by atoms with Crippen molar-refractivity contribution in [3.8, 4) is 0 Å². The topological polar surface area (TPSA) is 109 Å². The highest BCUT2D eigenvalue weighted by atomic mass is 32.2. The fourth-order valence-corrected chi connectivity index (χ4v) is 2.80. The Morgan fingerprint density at radius 1 is 1.35 bits per heavy atom. The first-order valence-corrected chi connectivity index (χ1v) is 7.64. The highest BCUT2D eigenvalue weighted by molar-refractivity contribution is 7.89. The molecule has 0 spiro atoms. The Morgan fingerprint density at radius 3 is 2.45 bits per heavy atom. The normalized spacial score (nSPS) is 12.3. The molecule has 0 heterocycles. The van der Waals surface area contributed by atoms with Gasteiger partial charge in [-0.1, -0.05) is 20.8 Å². The second-order valence-electron chi connectivity index (χ2n) is 5.77. The lowest BCUT2D eigenvalue weighted by atomic mass is 9.93. The molecule has 20 heavy (non-hydrogen) atoms. The lowest BCUT2D eigenvalue weighted by Gasteiger charge is -2.18. The molecular formula is C13H20N2O4S. The van der Waals surface area contributed by atoms with Crippen molar-refractivity contribution in [3.63, 3.8) is 0 Å². The lowest BCUT2D eigenvalue weighted by Crippen LogP contribution is -2.28. The van der Waals surface area contributed by atoms with E-state index in [1.807, 2.05) is 20.8 Å². The quantitative estimate of drug-likeness (QED) is 0.717. The molecule has 0 amide bonds. The summed E-state index contributed by atoms with van der Waals surface area (Å²) >= 11 is 0. The monoisotopic (exact) mass is 300 g/mol. The summed E-state index contributed by atoms with van der Waals surface area (Å²) in [5, 5.41) is 9.06. The van der Waals surface area contributed by atoms with Gasteiger partial charge in [0.25, 0.3) is 0 Å². The molecule has 0 aliphatic rings. The van der Waals surface area contributed by atoms with E-state index in [9.17, 15) is 13.2 Å². The van der Waals surface area contributed by atoms with Gasteiger partial charge in [0.2, 0.25) is 10.0 Å². The number of hydrogen-bond donors (Lipinski definition) is 3. The molecule has 0 radical (unpaired) electrons. The van der Waals surface area contributed by atoms with Crippen LogP contribution in [0.15, 0.2) is 23.1 Å². The van der Waals surface area contributed by atoms with Crippen LogP contribution < -0.4 is 10.5 Å². The zero-order valence-electron chi connectivity index (χ0n) is 11.8. The van der Waals surface area contributed by atoms with E-state index >= 15 is 0 Å². The highest BCUT2D eigenvalue weighted by Gasteiger charge is 2.22. The van der Waals surface area contributed by atoms with Crippen LogP contribution in [-0.4, -0.2) is 26.0 Å². The van der Waals surface area contributed by atoms with Crippen molar-refractivity contribution in [2.45, 2.75) is 32.1 Å². The van der Waals surface area contributed by atoms with Crippen molar-refractivity contribution in [2.24, 2.45) is 5.41 Å². The Kier molecular flexibility index (Phi) is 4.77. The summed E-state index contributed by atoms with van der Waals surface area (Å²) in [4.78, 5) is 10.8. The van der Waals surface area contributed by atoms with E-state index in [2.05, 4.69) is 4.72 Å². The van der Waals surface area contributed by atoms with Crippen LogP contribution in [-0.2, 0) is 10.0 Å². The fraction of sp³-hybridized carbons (Fsp3) is 0.462. The van der Waals surface area contributed by atoms with Crippen LogP contribution in [0.4, 0.5) is 5.69 Å². The van der Waals surface area contributed by atoms with E-state index in [1.54, 1.807) is 0 Å². The molecule has 0 saturated carbocycles. The SMILES string of the molecule is CC(C)(C)CCNS(=O)(=O)c1ccc(N)cc1C(=O)O. The van der Waals surface area contributed by atoms with Gasteiger partial charge in [-0.25, -0.2) is 17.9 Å². The van der Waals surface area contributed by atoms with Crippen LogP contribution in [0.1, 0.15) is 37.6 Å². The maximum absolute atomic E-state index is 12.1. The number of sulfonamides is 1. The third kappa shape index (κ3) is 4.50. The molecule has 0 aliphatic heterocycles. The van der Waals surface area contributed by atoms with Crippen molar-refractivity contribution < 1.29 is 18.3 Å². The number of nitrogens with one attached hydrogen (secondary N) is 1. The number of carboxylic acid groups (broad SMARTS) is 1. The number of rotatable bonds is 5. The molecule has 0 atom stereocenters. The summed E-state index contributed by atoms with van der Waals surface area (Å²) in [6.45, 7) is 6.23. The Balaban J connectivity index is 3.01. The van der Waals surface area contributed by atoms with Crippen LogP contribution >= 0.6 is 0 Å². The van der Waals surface area contributed by atoms with Gasteiger partial charge in [-0.2, -0.15) is 0 Å². The number of anilines is 1. The predicted molar refractivity (Wildman–Crippen MR) is 77.1 cm³/mol. The minimum Gasteiger partial charge on any atom is -0.478 e. The van der Waals surface area contributed by atoms with Crippen molar-refractivity contribution in [2.75, 3.05) is 12.3 Å². The lowest BCUT2D eigenvalue weighted by molar-refractivity contribution is 0.0692. The van der Waals surface area contributed by atoms with Gasteiger partial charge in [0, 0.05) is 12.2 Å². The standard InChI is InChI=1S/C13H20N2O4S/c1-13(2,3)6-7-15-20(18,19)11-5-4-9(14)8-10(11)12(16)17/h4-5,8,15H,6-7,14H2,1-3H3,(H,16,17). The van der Waals surface area contributed by atoms with Gasteiger partial charge in [0.1, 0.15) is 0 Å². The van der Waals surface area contributed by atoms with Crippen molar-refractivity contribution in [1.82, 2.24) is 4.72 Å². The van der Waals surface area contributed by atoms with Gasteiger partial charge < -0.3 is 10.8 Å². The maximum Gasteiger partial charge on any atom is 0.337 e. The second kappa shape index (κ2) is 5.80. The van der Waals surface area contributed by atoms with Crippen LogP contribution in [0, 0.1) is 5.41 Å². The number of nitrogen functional groups attached to an aromatic ring is 1. The van der Waals surface area contributed by atoms with E-state index in [0.717, 1.165) is 6.07 Å². The molecule has 0 fully saturated rings. The average Bonchev–Trinajstić information content (AvgIpc) is 2.26. The molecule has 1 rings (SSSR count). The summed E-state index contributed by atoms with van der Waals surface area (Å²) in [6.07, 6.45) is 0.642. The van der Waals surface area contributed by atoms with Crippen molar-refractivity contribution in [3.05, 3.63) is 23.8 Å². The van der Waals surface area contributed by atoms with E-state index in [0.29, 0.717) is 6.42 Å². The molecule has 7 heteroatoms. The van der Waals surface area contributed by atoms with Gasteiger partial charge in [0.15, 0.2) is 0 Å². The van der Waals surface area contributed by atoms with Gasteiger partial charge in [-0.15, -0.1) is 0 Å². The van der Waals surface area contributed by atoms with Crippen LogP contribution in [0.3, 0.4) is 0 Å². The molecule has 1 aromatic rings. The molecule has 0 unspecified atom stereocenters.